The fourth-order valence-corrected chi connectivity index (χ4v) is 4.36. The molecule has 30 heavy (non-hydrogen) atoms. The first-order valence-electron chi connectivity index (χ1n) is 10.6. The van der Waals surface area contributed by atoms with Gasteiger partial charge in [-0.05, 0) is 31.0 Å². The van der Waals surface area contributed by atoms with Crippen molar-refractivity contribution in [3.63, 3.8) is 0 Å². The molecule has 4 rings (SSSR count). The molecule has 2 aliphatic rings. The average molecular weight is 409 g/mol. The number of benzene rings is 1. The number of hydrogen-bond donors (Lipinski definition) is 1. The summed E-state index contributed by atoms with van der Waals surface area (Å²) >= 11 is 0. The molecule has 0 aliphatic carbocycles. The second-order valence-electron chi connectivity index (χ2n) is 8.12. The van der Waals surface area contributed by atoms with Crippen LogP contribution in [0.1, 0.15) is 28.8 Å². The third kappa shape index (κ3) is 4.79. The summed E-state index contributed by atoms with van der Waals surface area (Å²) in [5.74, 6) is 0.137. The summed E-state index contributed by atoms with van der Waals surface area (Å²) in [6.45, 7) is 4.86. The number of likely N-dealkylation sites (tertiary alicyclic amines) is 1. The normalized spacial score (nSPS) is 20.2. The van der Waals surface area contributed by atoms with Crippen LogP contribution in [0.4, 0.5) is 0 Å². The van der Waals surface area contributed by atoms with Gasteiger partial charge in [0.1, 0.15) is 0 Å². The number of nitrogens with zero attached hydrogens (tertiary/aromatic N) is 3. The number of carbonyl (C=O) groups excluding carboxylic acids is 2. The molecular weight excluding hydrogens is 380 g/mol. The van der Waals surface area contributed by atoms with Gasteiger partial charge in [0.05, 0.1) is 11.5 Å². The molecule has 7 nitrogen and oxygen atoms in total. The number of H-pyrrole nitrogens is 1. The molecule has 0 radical (unpaired) electrons. The van der Waals surface area contributed by atoms with Crippen LogP contribution >= 0.6 is 0 Å². The summed E-state index contributed by atoms with van der Waals surface area (Å²) in [4.78, 5) is 45.4. The van der Waals surface area contributed by atoms with Gasteiger partial charge in [0, 0.05) is 51.5 Å². The molecule has 1 unspecified atom stereocenters. The SMILES string of the molecule is O=C(c1ccc(=O)[nH]c1)N1CCN(C(=O)C2CCCN(Cc3ccccc3)C2)CC1. The molecule has 0 spiro atoms. The predicted octanol–water partition coefficient (Wildman–Crippen LogP) is 1.57. The fourth-order valence-electron chi connectivity index (χ4n) is 4.36. The molecule has 7 heteroatoms. The number of nitrogens with one attached hydrogen (secondary N) is 1. The zero-order valence-corrected chi connectivity index (χ0v) is 17.1. The highest BCUT2D eigenvalue weighted by molar-refractivity contribution is 5.94. The van der Waals surface area contributed by atoms with Crippen LogP contribution < -0.4 is 5.56 Å². The number of rotatable bonds is 4. The van der Waals surface area contributed by atoms with E-state index in [4.69, 9.17) is 0 Å². The van der Waals surface area contributed by atoms with Gasteiger partial charge < -0.3 is 14.8 Å². The Kier molecular flexibility index (Phi) is 6.28. The lowest BCUT2D eigenvalue weighted by Gasteiger charge is -2.39. The third-order valence-electron chi connectivity index (χ3n) is 6.01. The number of amides is 2. The fraction of sp³-hybridized carbons (Fsp3) is 0.435. The summed E-state index contributed by atoms with van der Waals surface area (Å²) in [5, 5.41) is 0. The minimum Gasteiger partial charge on any atom is -0.339 e. The van der Waals surface area contributed by atoms with Crippen LogP contribution in [-0.4, -0.2) is 70.8 Å². The Morgan fingerprint density at radius 2 is 1.67 bits per heavy atom. The van der Waals surface area contributed by atoms with Crippen LogP contribution in [0.15, 0.2) is 53.5 Å². The van der Waals surface area contributed by atoms with E-state index in [1.54, 1.807) is 11.0 Å². The molecule has 1 aromatic carbocycles. The molecule has 2 aromatic rings. The van der Waals surface area contributed by atoms with Crippen molar-refractivity contribution < 1.29 is 9.59 Å². The molecule has 0 bridgehead atoms. The molecule has 2 fully saturated rings. The summed E-state index contributed by atoms with van der Waals surface area (Å²) in [5.41, 5.74) is 1.52. The smallest absolute Gasteiger partial charge is 0.255 e. The third-order valence-corrected chi connectivity index (χ3v) is 6.01. The largest absolute Gasteiger partial charge is 0.339 e. The van der Waals surface area contributed by atoms with E-state index in [0.717, 1.165) is 32.5 Å². The Morgan fingerprint density at radius 1 is 0.933 bits per heavy atom. The maximum absolute atomic E-state index is 13.1. The van der Waals surface area contributed by atoms with Crippen LogP contribution in [0.25, 0.3) is 0 Å². The van der Waals surface area contributed by atoms with Crippen molar-refractivity contribution in [1.29, 1.82) is 0 Å². The van der Waals surface area contributed by atoms with E-state index in [0.29, 0.717) is 31.7 Å². The molecule has 3 heterocycles. The lowest BCUT2D eigenvalue weighted by Crippen LogP contribution is -2.53. The zero-order chi connectivity index (χ0) is 20.9. The lowest BCUT2D eigenvalue weighted by atomic mass is 9.95. The van der Waals surface area contributed by atoms with E-state index >= 15 is 0 Å². The number of pyridine rings is 1. The predicted molar refractivity (Wildman–Crippen MR) is 114 cm³/mol. The van der Waals surface area contributed by atoms with Crippen LogP contribution in [0.5, 0.6) is 0 Å². The zero-order valence-electron chi connectivity index (χ0n) is 17.1. The van der Waals surface area contributed by atoms with E-state index in [-0.39, 0.29) is 23.3 Å². The summed E-state index contributed by atoms with van der Waals surface area (Å²) in [6, 6.07) is 13.3. The molecule has 1 aromatic heterocycles. The van der Waals surface area contributed by atoms with Crippen molar-refractivity contribution in [2.75, 3.05) is 39.3 Å². The lowest BCUT2D eigenvalue weighted by molar-refractivity contribution is -0.139. The van der Waals surface area contributed by atoms with Crippen molar-refractivity contribution in [1.82, 2.24) is 19.7 Å². The number of piperazine rings is 1. The van der Waals surface area contributed by atoms with E-state index in [1.807, 2.05) is 11.0 Å². The number of carbonyl (C=O) groups is 2. The molecular formula is C23H28N4O3. The molecule has 1 N–H and O–H groups in total. The van der Waals surface area contributed by atoms with Crippen molar-refractivity contribution in [2.45, 2.75) is 19.4 Å². The van der Waals surface area contributed by atoms with Crippen molar-refractivity contribution in [3.8, 4) is 0 Å². The minimum atomic E-state index is -0.226. The van der Waals surface area contributed by atoms with Gasteiger partial charge in [-0.3, -0.25) is 19.3 Å². The van der Waals surface area contributed by atoms with Gasteiger partial charge in [0.2, 0.25) is 11.5 Å². The van der Waals surface area contributed by atoms with Crippen LogP contribution in [0.2, 0.25) is 0 Å². The Bertz CT molecular complexity index is 914. The summed E-state index contributed by atoms with van der Waals surface area (Å²) in [6.07, 6.45) is 3.42. The van der Waals surface area contributed by atoms with Crippen LogP contribution in [-0.2, 0) is 11.3 Å². The highest BCUT2D eigenvalue weighted by Crippen LogP contribution is 2.21. The first-order chi connectivity index (χ1) is 14.6. The van der Waals surface area contributed by atoms with Gasteiger partial charge in [-0.15, -0.1) is 0 Å². The number of piperidine rings is 1. The van der Waals surface area contributed by atoms with Gasteiger partial charge in [0.25, 0.3) is 5.91 Å². The Morgan fingerprint density at radius 3 is 2.37 bits per heavy atom. The monoisotopic (exact) mass is 408 g/mol. The minimum absolute atomic E-state index is 0.0314. The van der Waals surface area contributed by atoms with Crippen LogP contribution in [0.3, 0.4) is 0 Å². The van der Waals surface area contributed by atoms with Crippen LogP contribution in [0, 0.1) is 5.92 Å². The maximum atomic E-state index is 13.1. The van der Waals surface area contributed by atoms with Gasteiger partial charge in [-0.25, -0.2) is 0 Å². The first-order valence-corrected chi connectivity index (χ1v) is 10.6. The average Bonchev–Trinajstić information content (AvgIpc) is 2.80. The first kappa shape index (κ1) is 20.3. The second-order valence-corrected chi connectivity index (χ2v) is 8.12. The van der Waals surface area contributed by atoms with Crippen molar-refractivity contribution >= 4 is 11.8 Å². The quantitative estimate of drug-likeness (QED) is 0.833. The van der Waals surface area contributed by atoms with E-state index in [2.05, 4.69) is 34.1 Å². The van der Waals surface area contributed by atoms with E-state index in [1.165, 1.54) is 17.8 Å². The summed E-state index contributed by atoms with van der Waals surface area (Å²) in [7, 11) is 0. The van der Waals surface area contributed by atoms with E-state index < -0.39 is 0 Å². The van der Waals surface area contributed by atoms with Gasteiger partial charge in [-0.2, -0.15) is 0 Å². The van der Waals surface area contributed by atoms with Gasteiger partial charge in [0.15, 0.2) is 0 Å². The number of aromatic nitrogens is 1. The van der Waals surface area contributed by atoms with Gasteiger partial charge >= 0.3 is 0 Å². The van der Waals surface area contributed by atoms with Crippen molar-refractivity contribution in [3.05, 3.63) is 70.1 Å². The number of aromatic amines is 1. The Labute approximate surface area is 176 Å². The Hall–Kier alpha value is -2.93. The van der Waals surface area contributed by atoms with E-state index in [9.17, 15) is 14.4 Å². The molecule has 1 atom stereocenters. The van der Waals surface area contributed by atoms with Gasteiger partial charge in [-0.1, -0.05) is 30.3 Å². The standard InChI is InChI=1S/C23H28N4O3/c28-21-9-8-19(15-24-21)22(29)26-11-13-27(14-12-26)23(30)20-7-4-10-25(17-20)16-18-5-2-1-3-6-18/h1-3,5-6,8-9,15,20H,4,7,10-14,16-17H2,(H,24,28). The highest BCUT2D eigenvalue weighted by atomic mass is 16.2. The molecule has 2 saturated heterocycles. The Balaban J connectivity index is 1.30. The van der Waals surface area contributed by atoms with Crippen molar-refractivity contribution in [2.24, 2.45) is 5.92 Å². The molecule has 2 amide bonds. The number of hydrogen-bond acceptors (Lipinski definition) is 4. The second kappa shape index (κ2) is 9.26. The summed E-state index contributed by atoms with van der Waals surface area (Å²) < 4.78 is 0. The molecule has 2 aliphatic heterocycles. The molecule has 158 valence electrons. The topological polar surface area (TPSA) is 76.7 Å². The highest BCUT2D eigenvalue weighted by Gasteiger charge is 2.32. The maximum Gasteiger partial charge on any atom is 0.255 e. The molecule has 0 saturated carbocycles.